The maximum absolute atomic E-state index is 6.32. The van der Waals surface area contributed by atoms with E-state index < -0.39 is 0 Å². The third-order valence-corrected chi connectivity index (χ3v) is 4.03. The van der Waals surface area contributed by atoms with Gasteiger partial charge in [-0.2, -0.15) is 0 Å². The first kappa shape index (κ1) is 12.8. The summed E-state index contributed by atoms with van der Waals surface area (Å²) >= 11 is 1.57. The number of thiophene rings is 1. The summed E-state index contributed by atoms with van der Waals surface area (Å²) in [6.45, 7) is 0. The molecule has 2 N–H and O–H groups in total. The highest BCUT2D eigenvalue weighted by atomic mass is 32.1. The van der Waals surface area contributed by atoms with Crippen LogP contribution in [-0.2, 0) is 0 Å². The molecule has 5 nitrogen and oxygen atoms in total. The molecule has 0 bridgehead atoms. The molecule has 3 rings (SSSR count). The van der Waals surface area contributed by atoms with Gasteiger partial charge in [0.2, 0.25) is 0 Å². The van der Waals surface area contributed by atoms with Crippen molar-refractivity contribution in [2.75, 3.05) is 7.11 Å². The van der Waals surface area contributed by atoms with Crippen molar-refractivity contribution in [2.24, 2.45) is 5.73 Å². The second kappa shape index (κ2) is 5.44. The van der Waals surface area contributed by atoms with E-state index in [1.807, 2.05) is 41.8 Å². The fourth-order valence-corrected chi connectivity index (χ4v) is 2.84. The van der Waals surface area contributed by atoms with Gasteiger partial charge < -0.3 is 10.5 Å². The average molecular weight is 286 g/mol. The summed E-state index contributed by atoms with van der Waals surface area (Å²) in [4.78, 5) is 1.02. The summed E-state index contributed by atoms with van der Waals surface area (Å²) < 4.78 is 6.95. The lowest BCUT2D eigenvalue weighted by Crippen LogP contribution is -2.15. The van der Waals surface area contributed by atoms with Crippen LogP contribution in [0, 0.1) is 0 Å². The van der Waals surface area contributed by atoms with Crippen LogP contribution in [0.1, 0.15) is 16.6 Å². The molecule has 0 amide bonds. The Morgan fingerprint density at radius 1 is 1.30 bits per heavy atom. The molecule has 0 saturated heterocycles. The Balaban J connectivity index is 1.97. The van der Waals surface area contributed by atoms with E-state index in [1.165, 1.54) is 0 Å². The van der Waals surface area contributed by atoms with E-state index in [2.05, 4.69) is 10.3 Å². The van der Waals surface area contributed by atoms with Gasteiger partial charge in [0, 0.05) is 10.3 Å². The third kappa shape index (κ3) is 2.31. The van der Waals surface area contributed by atoms with Crippen molar-refractivity contribution in [3.05, 3.63) is 58.5 Å². The summed E-state index contributed by atoms with van der Waals surface area (Å²) in [6.07, 6.45) is 1.70. The normalized spacial score (nSPS) is 12.3. The fourth-order valence-electron chi connectivity index (χ4n) is 1.98. The number of benzene rings is 1. The molecule has 0 aliphatic heterocycles. The maximum Gasteiger partial charge on any atom is 0.129 e. The smallest absolute Gasteiger partial charge is 0.129 e. The molecule has 0 spiro atoms. The van der Waals surface area contributed by atoms with Crippen LogP contribution in [0.15, 0.2) is 48.0 Å². The van der Waals surface area contributed by atoms with Crippen molar-refractivity contribution in [3.63, 3.8) is 0 Å². The van der Waals surface area contributed by atoms with Crippen molar-refractivity contribution < 1.29 is 4.74 Å². The molecule has 0 aliphatic rings. The number of ether oxygens (including phenoxy) is 1. The highest BCUT2D eigenvalue weighted by molar-refractivity contribution is 7.10. The maximum atomic E-state index is 6.32. The first-order valence-corrected chi connectivity index (χ1v) is 7.01. The first-order valence-electron chi connectivity index (χ1n) is 6.13. The zero-order valence-corrected chi connectivity index (χ0v) is 11.7. The predicted molar refractivity (Wildman–Crippen MR) is 78.3 cm³/mol. The van der Waals surface area contributed by atoms with E-state index in [9.17, 15) is 0 Å². The van der Waals surface area contributed by atoms with Crippen molar-refractivity contribution in [2.45, 2.75) is 6.04 Å². The molecule has 1 aromatic carbocycles. The van der Waals surface area contributed by atoms with Gasteiger partial charge in [-0.15, -0.1) is 16.4 Å². The van der Waals surface area contributed by atoms with Crippen LogP contribution in [0.4, 0.5) is 0 Å². The highest BCUT2D eigenvalue weighted by Gasteiger charge is 2.18. The largest absolute Gasteiger partial charge is 0.496 e. The van der Waals surface area contributed by atoms with E-state index in [-0.39, 0.29) is 6.04 Å². The van der Waals surface area contributed by atoms with Crippen LogP contribution >= 0.6 is 11.3 Å². The molecule has 0 aliphatic carbocycles. The van der Waals surface area contributed by atoms with Crippen molar-refractivity contribution in [1.82, 2.24) is 15.0 Å². The SMILES string of the molecule is COc1csc(C(N)c2cnnn2-c2ccccc2)c1. The van der Waals surface area contributed by atoms with Gasteiger partial charge in [-0.05, 0) is 18.2 Å². The van der Waals surface area contributed by atoms with Crippen LogP contribution < -0.4 is 10.5 Å². The molecular weight excluding hydrogens is 272 g/mol. The Labute approximate surface area is 120 Å². The minimum absolute atomic E-state index is 0.279. The summed E-state index contributed by atoms with van der Waals surface area (Å²) in [6, 6.07) is 11.5. The number of hydrogen-bond donors (Lipinski definition) is 1. The second-order valence-electron chi connectivity index (χ2n) is 4.27. The third-order valence-electron chi connectivity index (χ3n) is 3.03. The Morgan fingerprint density at radius 2 is 2.10 bits per heavy atom. The summed E-state index contributed by atoms with van der Waals surface area (Å²) in [5, 5.41) is 10.0. The molecule has 2 aromatic heterocycles. The van der Waals surface area contributed by atoms with Gasteiger partial charge in [0.25, 0.3) is 0 Å². The number of aromatic nitrogens is 3. The quantitative estimate of drug-likeness (QED) is 0.799. The Kier molecular flexibility index (Phi) is 3.49. The number of para-hydroxylation sites is 1. The second-order valence-corrected chi connectivity index (χ2v) is 5.22. The molecule has 2 heterocycles. The molecule has 1 atom stereocenters. The van der Waals surface area contributed by atoms with E-state index in [1.54, 1.807) is 29.3 Å². The topological polar surface area (TPSA) is 66.0 Å². The minimum Gasteiger partial charge on any atom is -0.496 e. The van der Waals surface area contributed by atoms with E-state index in [0.29, 0.717) is 0 Å². The van der Waals surface area contributed by atoms with Crippen molar-refractivity contribution >= 4 is 11.3 Å². The standard InChI is InChI=1S/C14H14N4OS/c1-19-11-7-13(20-9-11)14(15)12-8-16-17-18(12)10-5-3-2-4-6-10/h2-9,14H,15H2,1H3. The summed E-state index contributed by atoms with van der Waals surface area (Å²) in [7, 11) is 1.65. The van der Waals surface area contributed by atoms with Crippen LogP contribution in [0.2, 0.25) is 0 Å². The molecule has 6 heteroatoms. The highest BCUT2D eigenvalue weighted by Crippen LogP contribution is 2.29. The molecule has 102 valence electrons. The Morgan fingerprint density at radius 3 is 2.80 bits per heavy atom. The van der Waals surface area contributed by atoms with Gasteiger partial charge in [0.15, 0.2) is 0 Å². The van der Waals surface area contributed by atoms with Crippen LogP contribution in [0.25, 0.3) is 5.69 Å². The van der Waals surface area contributed by atoms with Crippen LogP contribution in [0.5, 0.6) is 5.75 Å². The monoisotopic (exact) mass is 286 g/mol. The van der Waals surface area contributed by atoms with E-state index in [4.69, 9.17) is 10.5 Å². The first-order chi connectivity index (χ1) is 9.79. The molecular formula is C14H14N4OS. The lowest BCUT2D eigenvalue weighted by atomic mass is 10.2. The number of nitrogens with two attached hydrogens (primary N) is 1. The minimum atomic E-state index is -0.279. The molecule has 0 saturated carbocycles. The molecule has 3 aromatic rings. The van der Waals surface area contributed by atoms with Crippen molar-refractivity contribution in [3.8, 4) is 11.4 Å². The number of nitrogens with zero attached hydrogens (tertiary/aromatic N) is 3. The number of rotatable bonds is 4. The lowest BCUT2D eigenvalue weighted by Gasteiger charge is -2.11. The lowest BCUT2D eigenvalue weighted by molar-refractivity contribution is 0.416. The molecule has 0 radical (unpaired) electrons. The molecule has 20 heavy (non-hydrogen) atoms. The average Bonchev–Trinajstić information content (AvgIpc) is 3.16. The summed E-state index contributed by atoms with van der Waals surface area (Å²) in [5.41, 5.74) is 8.11. The van der Waals surface area contributed by atoms with Crippen LogP contribution in [-0.4, -0.2) is 22.1 Å². The Bertz CT molecular complexity index is 692. The van der Waals surface area contributed by atoms with Gasteiger partial charge in [-0.1, -0.05) is 23.4 Å². The Hall–Kier alpha value is -2.18. The fraction of sp³-hybridized carbons (Fsp3) is 0.143. The van der Waals surface area contributed by atoms with Gasteiger partial charge in [-0.25, -0.2) is 4.68 Å². The van der Waals surface area contributed by atoms with E-state index >= 15 is 0 Å². The number of methoxy groups -OCH3 is 1. The molecule has 1 unspecified atom stereocenters. The number of hydrogen-bond acceptors (Lipinski definition) is 5. The van der Waals surface area contributed by atoms with Crippen molar-refractivity contribution in [1.29, 1.82) is 0 Å². The predicted octanol–water partition coefficient (Wildman–Crippen LogP) is 2.39. The van der Waals surface area contributed by atoms with Gasteiger partial charge >= 0.3 is 0 Å². The zero-order valence-electron chi connectivity index (χ0n) is 10.9. The van der Waals surface area contributed by atoms with Gasteiger partial charge in [0.05, 0.1) is 30.7 Å². The van der Waals surface area contributed by atoms with Crippen LogP contribution in [0.3, 0.4) is 0 Å². The van der Waals surface area contributed by atoms with Gasteiger partial charge in [0.1, 0.15) is 5.75 Å². The van der Waals surface area contributed by atoms with E-state index in [0.717, 1.165) is 22.0 Å². The van der Waals surface area contributed by atoms with Gasteiger partial charge in [-0.3, -0.25) is 0 Å². The summed E-state index contributed by atoms with van der Waals surface area (Å²) in [5.74, 6) is 0.819. The molecule has 0 fully saturated rings. The zero-order chi connectivity index (χ0) is 13.9.